The van der Waals surface area contributed by atoms with Crippen LogP contribution >= 0.6 is 23.1 Å². The molecule has 6 nitrogen and oxygen atoms in total. The van der Waals surface area contributed by atoms with Crippen LogP contribution in [0.25, 0.3) is 21.7 Å². The molecular formula is C29H34N2O4S4. The van der Waals surface area contributed by atoms with Crippen molar-refractivity contribution in [1.82, 2.24) is 4.98 Å². The van der Waals surface area contributed by atoms with Crippen LogP contribution in [0.3, 0.4) is 0 Å². The smallest absolute Gasteiger partial charge is 0.316 e. The van der Waals surface area contributed by atoms with Crippen molar-refractivity contribution < 1.29 is 17.9 Å². The number of hydrogen-bond acceptors (Lipinski definition) is 8. The molecule has 0 bridgehead atoms. The van der Waals surface area contributed by atoms with Crippen LogP contribution in [0.15, 0.2) is 58.9 Å². The number of carbonyl (C=O) groups excluding carboxylic acids is 1. The first kappa shape index (κ1) is 31.2. The van der Waals surface area contributed by atoms with Crippen molar-refractivity contribution in [3.63, 3.8) is 0 Å². The summed E-state index contributed by atoms with van der Waals surface area (Å²) in [7, 11) is -2.30. The number of thioether (sulfide) groups is 1. The SMILES string of the molecule is CCCCS(=O)CC(CS(=O)CCCC)OC(=O)CSc1nc(-c2cccs2)cc(-c2ccccc2)c1C#N. The number of aromatic nitrogens is 1. The van der Waals surface area contributed by atoms with E-state index in [1.807, 2.05) is 67.8 Å². The molecule has 0 aliphatic heterocycles. The molecule has 2 heterocycles. The van der Waals surface area contributed by atoms with Gasteiger partial charge in [-0.15, -0.1) is 11.3 Å². The minimum absolute atomic E-state index is 0.0660. The van der Waals surface area contributed by atoms with Crippen molar-refractivity contribution in [1.29, 1.82) is 5.26 Å². The van der Waals surface area contributed by atoms with E-state index >= 15 is 0 Å². The molecule has 0 aliphatic carbocycles. The zero-order valence-electron chi connectivity index (χ0n) is 22.3. The van der Waals surface area contributed by atoms with Gasteiger partial charge in [0, 0.05) is 38.7 Å². The molecule has 3 rings (SSSR count). The van der Waals surface area contributed by atoms with Crippen molar-refractivity contribution in [2.45, 2.75) is 50.7 Å². The highest BCUT2D eigenvalue weighted by atomic mass is 32.2. The van der Waals surface area contributed by atoms with Gasteiger partial charge in [-0.25, -0.2) is 4.98 Å². The number of carbonyl (C=O) groups is 1. The maximum atomic E-state index is 12.9. The number of esters is 1. The summed E-state index contributed by atoms with van der Waals surface area (Å²) < 4.78 is 30.8. The Balaban J connectivity index is 1.79. The molecule has 0 fully saturated rings. The summed E-state index contributed by atoms with van der Waals surface area (Å²) in [6.45, 7) is 4.07. The maximum Gasteiger partial charge on any atom is 0.316 e. The van der Waals surface area contributed by atoms with E-state index in [0.717, 1.165) is 59.1 Å². The molecule has 0 N–H and O–H groups in total. The number of nitrogens with zero attached hydrogens (tertiary/aromatic N) is 2. The molecule has 1 aromatic carbocycles. The topological polar surface area (TPSA) is 97.1 Å². The van der Waals surface area contributed by atoms with Crippen LogP contribution in [0.1, 0.15) is 45.1 Å². The molecule has 0 spiro atoms. The number of hydrogen-bond donors (Lipinski definition) is 0. The Morgan fingerprint density at radius 2 is 1.72 bits per heavy atom. The first-order valence-corrected chi connectivity index (χ1v) is 17.9. The number of benzene rings is 1. The number of rotatable bonds is 16. The number of ether oxygens (including phenoxy) is 1. The summed E-state index contributed by atoms with van der Waals surface area (Å²) in [5.74, 6) is 0.869. The van der Waals surface area contributed by atoms with Crippen LogP contribution in [0.5, 0.6) is 0 Å². The third-order valence-corrected chi connectivity index (χ3v) is 10.6. The number of pyridine rings is 1. The third kappa shape index (κ3) is 9.98. The predicted molar refractivity (Wildman–Crippen MR) is 164 cm³/mol. The fourth-order valence-electron chi connectivity index (χ4n) is 3.79. The highest BCUT2D eigenvalue weighted by Gasteiger charge is 2.22. The minimum atomic E-state index is -1.15. The average molecular weight is 603 g/mol. The van der Waals surface area contributed by atoms with Gasteiger partial charge in [0.1, 0.15) is 17.2 Å². The first-order valence-electron chi connectivity index (χ1n) is 13.0. The van der Waals surface area contributed by atoms with Crippen molar-refractivity contribution in [2.75, 3.05) is 28.8 Å². The van der Waals surface area contributed by atoms with Gasteiger partial charge in [-0.05, 0) is 35.9 Å². The van der Waals surface area contributed by atoms with E-state index in [1.165, 1.54) is 0 Å². The molecule has 2 atom stereocenters. The van der Waals surface area contributed by atoms with Gasteiger partial charge in [0.2, 0.25) is 0 Å². The van der Waals surface area contributed by atoms with Gasteiger partial charge in [-0.3, -0.25) is 13.2 Å². The Kier molecular flexibility index (Phi) is 13.4. The summed E-state index contributed by atoms with van der Waals surface area (Å²) in [6.07, 6.45) is 2.84. The Hall–Kier alpha value is -2.32. The summed E-state index contributed by atoms with van der Waals surface area (Å²) in [6, 6.07) is 17.7. The third-order valence-electron chi connectivity index (χ3n) is 5.78. The zero-order chi connectivity index (χ0) is 28.0. The van der Waals surface area contributed by atoms with Crippen molar-refractivity contribution in [3.8, 4) is 27.8 Å². The molecule has 0 aliphatic rings. The molecular weight excluding hydrogens is 569 g/mol. The minimum Gasteiger partial charge on any atom is -0.460 e. The van der Waals surface area contributed by atoms with Crippen molar-refractivity contribution in [3.05, 3.63) is 59.5 Å². The zero-order valence-corrected chi connectivity index (χ0v) is 25.6. The second-order valence-corrected chi connectivity index (χ2v) is 14.1. The molecule has 2 aromatic heterocycles. The number of nitriles is 1. The highest BCUT2D eigenvalue weighted by molar-refractivity contribution is 8.00. The monoisotopic (exact) mass is 602 g/mol. The fourth-order valence-corrected chi connectivity index (χ4v) is 8.16. The summed E-state index contributed by atoms with van der Waals surface area (Å²) in [5.41, 5.74) is 2.78. The molecule has 208 valence electrons. The van der Waals surface area contributed by atoms with E-state index in [4.69, 9.17) is 9.72 Å². The second-order valence-electron chi connectivity index (χ2n) is 8.92. The Labute approximate surface area is 244 Å². The lowest BCUT2D eigenvalue weighted by molar-refractivity contribution is -0.143. The van der Waals surface area contributed by atoms with Crippen LogP contribution in [-0.4, -0.2) is 54.2 Å². The molecule has 0 amide bonds. The lowest BCUT2D eigenvalue weighted by atomic mass is 10.0. The molecule has 0 radical (unpaired) electrons. The average Bonchev–Trinajstić information content (AvgIpc) is 3.49. The van der Waals surface area contributed by atoms with Gasteiger partial charge < -0.3 is 4.74 Å². The molecule has 39 heavy (non-hydrogen) atoms. The van der Waals surface area contributed by atoms with Crippen molar-refractivity contribution in [2.24, 2.45) is 0 Å². The van der Waals surface area contributed by atoms with Gasteiger partial charge in [0.25, 0.3) is 0 Å². The van der Waals surface area contributed by atoms with Crippen LogP contribution in [-0.2, 0) is 31.1 Å². The molecule has 0 saturated carbocycles. The van der Waals surface area contributed by atoms with E-state index in [9.17, 15) is 18.5 Å². The van der Waals surface area contributed by atoms with E-state index in [0.29, 0.717) is 22.1 Å². The maximum absolute atomic E-state index is 12.9. The van der Waals surface area contributed by atoms with E-state index in [2.05, 4.69) is 6.07 Å². The summed E-state index contributed by atoms with van der Waals surface area (Å²) in [4.78, 5) is 18.6. The highest BCUT2D eigenvalue weighted by Crippen LogP contribution is 2.35. The van der Waals surface area contributed by atoms with Crippen molar-refractivity contribution >= 4 is 50.7 Å². The summed E-state index contributed by atoms with van der Waals surface area (Å²) in [5, 5.41) is 12.5. The van der Waals surface area contributed by atoms with Crippen LogP contribution < -0.4 is 0 Å². The quantitative estimate of drug-likeness (QED) is 0.137. The van der Waals surface area contributed by atoms with Gasteiger partial charge in [0.05, 0.1) is 33.4 Å². The molecule has 10 heteroatoms. The first-order chi connectivity index (χ1) is 18.9. The van der Waals surface area contributed by atoms with Crippen LogP contribution in [0.2, 0.25) is 0 Å². The number of unbranched alkanes of at least 4 members (excludes halogenated alkanes) is 2. The molecule has 0 saturated heterocycles. The fraction of sp³-hybridized carbons (Fsp3) is 0.414. The molecule has 2 unspecified atom stereocenters. The van der Waals surface area contributed by atoms with Gasteiger partial charge in [0.15, 0.2) is 0 Å². The lowest BCUT2D eigenvalue weighted by Gasteiger charge is -2.18. The standard InChI is InChI=1S/C29H34N2O4S4/c1-3-5-15-38(33)20-23(21-39(34)16-6-4-2)35-28(32)19-37-29-25(18-30)24(22-11-8-7-9-12-22)17-26(31-29)27-13-10-14-36-27/h7-14,17,23H,3-6,15-16,19-21H2,1-2H3. The number of thiophene rings is 1. The molecule has 3 aromatic rings. The Bertz CT molecular complexity index is 1270. The summed E-state index contributed by atoms with van der Waals surface area (Å²) >= 11 is 2.71. The van der Waals surface area contributed by atoms with Crippen LogP contribution in [0, 0.1) is 11.3 Å². The van der Waals surface area contributed by atoms with Gasteiger partial charge in [-0.2, -0.15) is 5.26 Å². The Morgan fingerprint density at radius 1 is 1.05 bits per heavy atom. The van der Waals surface area contributed by atoms with E-state index < -0.39 is 33.7 Å². The largest absolute Gasteiger partial charge is 0.460 e. The predicted octanol–water partition coefficient (Wildman–Crippen LogP) is 6.45. The van der Waals surface area contributed by atoms with E-state index in [-0.39, 0.29) is 17.3 Å². The van der Waals surface area contributed by atoms with Gasteiger partial charge >= 0.3 is 5.97 Å². The van der Waals surface area contributed by atoms with E-state index in [1.54, 1.807) is 11.3 Å². The second kappa shape index (κ2) is 16.7. The van der Waals surface area contributed by atoms with Crippen LogP contribution in [0.4, 0.5) is 0 Å². The lowest BCUT2D eigenvalue weighted by Crippen LogP contribution is -2.32. The van der Waals surface area contributed by atoms with Gasteiger partial charge in [-0.1, -0.05) is 74.8 Å². The Morgan fingerprint density at radius 3 is 2.28 bits per heavy atom. The normalized spacial score (nSPS) is 13.4.